The summed E-state index contributed by atoms with van der Waals surface area (Å²) < 4.78 is 0. The van der Waals surface area contributed by atoms with Gasteiger partial charge < -0.3 is 4.90 Å². The van der Waals surface area contributed by atoms with Crippen LogP contribution in [0, 0.1) is 11.8 Å². The quantitative estimate of drug-likeness (QED) is 0.289. The molecule has 3 aromatic carbocycles. The third-order valence-electron chi connectivity index (χ3n) is 11.4. The Bertz CT molecular complexity index is 1850. The maximum Gasteiger partial charge on any atom is 0.0545 e. The summed E-state index contributed by atoms with van der Waals surface area (Å²) in [6, 6.07) is 17.7. The summed E-state index contributed by atoms with van der Waals surface area (Å²) in [6.07, 6.45) is 36.2. The predicted octanol–water partition coefficient (Wildman–Crippen LogP) is 10.3. The first kappa shape index (κ1) is 25.6. The molecule has 0 saturated carbocycles. The van der Waals surface area contributed by atoms with E-state index < -0.39 is 0 Å². The monoisotopic (exact) mass is 559 g/mol. The molecule has 6 aliphatic rings. The molecule has 0 N–H and O–H groups in total. The molecule has 1 saturated heterocycles. The molecule has 1 heterocycles. The molecule has 4 atom stereocenters. The highest BCUT2D eigenvalue weighted by molar-refractivity contribution is 6.11. The molecule has 43 heavy (non-hydrogen) atoms. The molecule has 0 bridgehead atoms. The van der Waals surface area contributed by atoms with E-state index in [0.717, 1.165) is 12.8 Å². The highest BCUT2D eigenvalue weighted by atomic mass is 15.2. The van der Waals surface area contributed by atoms with Crippen LogP contribution < -0.4 is 0 Å². The van der Waals surface area contributed by atoms with Gasteiger partial charge in [0.25, 0.3) is 0 Å². The summed E-state index contributed by atoms with van der Waals surface area (Å²) in [5.74, 6) is 1.11. The van der Waals surface area contributed by atoms with E-state index in [0.29, 0.717) is 23.9 Å². The fourth-order valence-corrected chi connectivity index (χ4v) is 9.42. The van der Waals surface area contributed by atoms with Crippen molar-refractivity contribution in [2.45, 2.75) is 76.3 Å². The third kappa shape index (κ3) is 4.19. The Morgan fingerprint density at radius 2 is 1.42 bits per heavy atom. The predicted molar refractivity (Wildman–Crippen MR) is 182 cm³/mol. The number of allylic oxidation sites excluding steroid dienone is 11. The molecule has 0 radical (unpaired) electrons. The normalized spacial score (nSPS) is 27.8. The van der Waals surface area contributed by atoms with Crippen molar-refractivity contribution >= 4 is 27.1 Å². The van der Waals surface area contributed by atoms with Crippen molar-refractivity contribution in [1.82, 2.24) is 4.90 Å². The molecular weight excluding hydrogens is 518 g/mol. The highest BCUT2D eigenvalue weighted by Gasteiger charge is 2.48. The van der Waals surface area contributed by atoms with Crippen molar-refractivity contribution in [3.8, 4) is 0 Å². The Morgan fingerprint density at radius 1 is 0.605 bits per heavy atom. The van der Waals surface area contributed by atoms with Gasteiger partial charge in [-0.15, -0.1) is 0 Å². The number of rotatable bonds is 3. The Balaban J connectivity index is 1.08. The standard InChI is InChI=1S/C42H41N/c1-2-10-28(11-3-1)29-18-22-32(23-19-29)43-41-17-9-8-16-38(41)40-27-31(21-25-42(40)43)30-20-24-37-35-14-5-4-12-33(35)34-13-6-7-15-36(34)39(37)26-30/h1-2,6-10,13,15-18,20,22,24,26-27,38,40-42H,3-5,11-12,14,19,21,23,25H2. The maximum atomic E-state index is 2.84. The lowest BCUT2D eigenvalue weighted by atomic mass is 9.77. The lowest BCUT2D eigenvalue weighted by molar-refractivity contribution is 0.243. The molecule has 9 rings (SSSR count). The van der Waals surface area contributed by atoms with E-state index in [1.807, 2.05) is 0 Å². The van der Waals surface area contributed by atoms with Gasteiger partial charge in [-0.1, -0.05) is 91.1 Å². The van der Waals surface area contributed by atoms with Crippen LogP contribution in [0.3, 0.4) is 0 Å². The third-order valence-corrected chi connectivity index (χ3v) is 11.4. The minimum Gasteiger partial charge on any atom is -0.364 e. The van der Waals surface area contributed by atoms with Crippen molar-refractivity contribution in [2.75, 3.05) is 0 Å². The number of nitrogens with zero attached hydrogens (tertiary/aromatic N) is 1. The van der Waals surface area contributed by atoms with Crippen molar-refractivity contribution in [3.05, 3.63) is 137 Å². The van der Waals surface area contributed by atoms with Gasteiger partial charge >= 0.3 is 0 Å². The largest absolute Gasteiger partial charge is 0.364 e. The minimum atomic E-state index is 0.473. The SMILES string of the molecule is C1=CCCC(C2=CC=C(N3C4C=CC=CC4C4C=C(c5ccc6c7c(c8ccccc8c6c5)CCCC7)CCC43)CC2)=C1. The van der Waals surface area contributed by atoms with E-state index in [-0.39, 0.29) is 0 Å². The average molecular weight is 560 g/mol. The van der Waals surface area contributed by atoms with E-state index in [4.69, 9.17) is 0 Å². The average Bonchev–Trinajstić information content (AvgIpc) is 3.42. The summed E-state index contributed by atoms with van der Waals surface area (Å²) in [4.78, 5) is 2.84. The first-order valence-corrected chi connectivity index (χ1v) is 16.9. The minimum absolute atomic E-state index is 0.473. The van der Waals surface area contributed by atoms with Gasteiger partial charge in [0, 0.05) is 23.6 Å². The van der Waals surface area contributed by atoms with Crippen molar-refractivity contribution in [1.29, 1.82) is 0 Å². The van der Waals surface area contributed by atoms with Crippen molar-refractivity contribution in [3.63, 3.8) is 0 Å². The molecule has 1 aliphatic heterocycles. The second kappa shape index (κ2) is 10.4. The van der Waals surface area contributed by atoms with E-state index in [2.05, 4.69) is 108 Å². The Kier molecular flexibility index (Phi) is 6.20. The van der Waals surface area contributed by atoms with Crippen LogP contribution in [-0.2, 0) is 12.8 Å². The number of fused-ring (bicyclic) bond motifs is 9. The summed E-state index contributed by atoms with van der Waals surface area (Å²) in [5, 5.41) is 5.89. The van der Waals surface area contributed by atoms with Gasteiger partial charge in [0.15, 0.2) is 0 Å². The second-order valence-electron chi connectivity index (χ2n) is 13.6. The van der Waals surface area contributed by atoms with Crippen LogP contribution in [0.5, 0.6) is 0 Å². The molecule has 0 aromatic heterocycles. The van der Waals surface area contributed by atoms with Crippen LogP contribution in [-0.4, -0.2) is 17.0 Å². The molecule has 1 nitrogen and oxygen atoms in total. The number of likely N-dealkylation sites (tertiary alicyclic amines) is 1. The first-order valence-electron chi connectivity index (χ1n) is 16.9. The smallest absolute Gasteiger partial charge is 0.0545 e. The molecule has 1 fully saturated rings. The van der Waals surface area contributed by atoms with Crippen LogP contribution in [0.1, 0.15) is 68.1 Å². The van der Waals surface area contributed by atoms with Crippen LogP contribution >= 0.6 is 0 Å². The maximum absolute atomic E-state index is 2.84. The van der Waals surface area contributed by atoms with Gasteiger partial charge in [-0.05, 0) is 131 Å². The van der Waals surface area contributed by atoms with Crippen LogP contribution in [0.15, 0.2) is 120 Å². The van der Waals surface area contributed by atoms with Crippen molar-refractivity contribution in [2.24, 2.45) is 11.8 Å². The Morgan fingerprint density at radius 3 is 2.23 bits per heavy atom. The van der Waals surface area contributed by atoms with Crippen LogP contribution in [0.2, 0.25) is 0 Å². The topological polar surface area (TPSA) is 3.24 Å². The van der Waals surface area contributed by atoms with E-state index in [1.54, 1.807) is 33.5 Å². The van der Waals surface area contributed by atoms with Gasteiger partial charge in [-0.3, -0.25) is 0 Å². The highest BCUT2D eigenvalue weighted by Crippen LogP contribution is 2.49. The zero-order valence-electron chi connectivity index (χ0n) is 25.1. The Labute approximate surface area is 256 Å². The number of benzene rings is 3. The van der Waals surface area contributed by atoms with E-state index in [1.165, 1.54) is 78.5 Å². The van der Waals surface area contributed by atoms with E-state index in [9.17, 15) is 0 Å². The molecule has 1 heteroatoms. The van der Waals surface area contributed by atoms with Crippen molar-refractivity contribution < 1.29 is 0 Å². The van der Waals surface area contributed by atoms with Crippen LogP contribution in [0.25, 0.3) is 27.1 Å². The number of hydrogen-bond donors (Lipinski definition) is 0. The summed E-state index contributed by atoms with van der Waals surface area (Å²) in [5.41, 5.74) is 10.9. The van der Waals surface area contributed by atoms with Gasteiger partial charge in [0.2, 0.25) is 0 Å². The summed E-state index contributed by atoms with van der Waals surface area (Å²) in [7, 11) is 0. The molecule has 4 unspecified atom stereocenters. The molecule has 214 valence electrons. The zero-order chi connectivity index (χ0) is 28.3. The Hall–Kier alpha value is -3.84. The first-order chi connectivity index (χ1) is 21.3. The number of hydrogen-bond acceptors (Lipinski definition) is 1. The lowest BCUT2D eigenvalue weighted by Crippen LogP contribution is -2.37. The van der Waals surface area contributed by atoms with E-state index >= 15 is 0 Å². The lowest BCUT2D eigenvalue weighted by Gasteiger charge is -2.37. The molecular formula is C42H41N. The molecule has 3 aromatic rings. The van der Waals surface area contributed by atoms with Gasteiger partial charge in [0.05, 0.1) is 6.04 Å². The molecule has 5 aliphatic carbocycles. The fourth-order valence-electron chi connectivity index (χ4n) is 9.42. The van der Waals surface area contributed by atoms with Crippen LogP contribution in [0.4, 0.5) is 0 Å². The summed E-state index contributed by atoms with van der Waals surface area (Å²) >= 11 is 0. The molecule has 0 amide bonds. The van der Waals surface area contributed by atoms with Gasteiger partial charge in [-0.25, -0.2) is 0 Å². The summed E-state index contributed by atoms with van der Waals surface area (Å²) in [6.45, 7) is 0. The fraction of sp³-hybridized carbons (Fsp3) is 0.333. The molecule has 0 spiro atoms. The second-order valence-corrected chi connectivity index (χ2v) is 13.6. The number of aryl methyl sites for hydroxylation is 2. The van der Waals surface area contributed by atoms with Gasteiger partial charge in [-0.2, -0.15) is 0 Å². The zero-order valence-corrected chi connectivity index (χ0v) is 25.1. The van der Waals surface area contributed by atoms with Gasteiger partial charge in [0.1, 0.15) is 0 Å².